The Labute approximate surface area is 109 Å². The molecule has 1 amide bonds. The van der Waals surface area contributed by atoms with Crippen LogP contribution >= 0.6 is 0 Å². The molecule has 0 unspecified atom stereocenters. The first-order valence-electron chi connectivity index (χ1n) is 5.93. The minimum atomic E-state index is -0.919. The number of rotatable bonds is 4. The molecule has 2 rings (SSSR count). The van der Waals surface area contributed by atoms with Gasteiger partial charge in [0.15, 0.2) is 0 Å². The van der Waals surface area contributed by atoms with Gasteiger partial charge >= 0.3 is 5.97 Å². The Morgan fingerprint density at radius 1 is 1.37 bits per heavy atom. The van der Waals surface area contributed by atoms with Crippen molar-refractivity contribution in [3.63, 3.8) is 0 Å². The number of hydrogen-bond acceptors (Lipinski definition) is 3. The third-order valence-electron chi connectivity index (χ3n) is 2.81. The van der Waals surface area contributed by atoms with Gasteiger partial charge in [0.2, 0.25) is 5.91 Å². The van der Waals surface area contributed by atoms with Crippen molar-refractivity contribution in [2.24, 2.45) is 5.10 Å². The number of anilines is 1. The van der Waals surface area contributed by atoms with Gasteiger partial charge in [0.05, 0.1) is 6.42 Å². The number of nitrogens with zero attached hydrogens (tertiary/aromatic N) is 2. The van der Waals surface area contributed by atoms with Crippen molar-refractivity contribution in [2.45, 2.75) is 25.7 Å². The molecule has 0 saturated carbocycles. The summed E-state index contributed by atoms with van der Waals surface area (Å²) >= 11 is 0. The van der Waals surface area contributed by atoms with E-state index in [1.165, 1.54) is 18.2 Å². The molecule has 19 heavy (non-hydrogen) atoms. The van der Waals surface area contributed by atoms with Gasteiger partial charge in [-0.05, 0) is 25.0 Å². The summed E-state index contributed by atoms with van der Waals surface area (Å²) in [5, 5.41) is 13.7. The van der Waals surface area contributed by atoms with Crippen molar-refractivity contribution in [2.75, 3.05) is 5.01 Å². The van der Waals surface area contributed by atoms with Gasteiger partial charge < -0.3 is 5.11 Å². The second-order valence-corrected chi connectivity index (χ2v) is 4.22. The Hall–Kier alpha value is -2.24. The zero-order valence-electron chi connectivity index (χ0n) is 10.2. The maximum absolute atomic E-state index is 13.6. The van der Waals surface area contributed by atoms with E-state index in [1.54, 1.807) is 6.07 Å². The quantitative estimate of drug-likeness (QED) is 0.906. The molecule has 0 saturated heterocycles. The van der Waals surface area contributed by atoms with E-state index in [2.05, 4.69) is 5.10 Å². The number of aliphatic carboxylic acids is 1. The molecule has 1 aliphatic rings. The number of hydrazone groups is 1. The minimum absolute atomic E-state index is 0.0435. The first-order valence-corrected chi connectivity index (χ1v) is 5.93. The molecular formula is C13H13FN2O3. The molecule has 0 aromatic heterocycles. The van der Waals surface area contributed by atoms with Crippen LogP contribution in [0.3, 0.4) is 0 Å². The summed E-state index contributed by atoms with van der Waals surface area (Å²) in [5.41, 5.74) is 0.699. The Kier molecular flexibility index (Phi) is 3.89. The molecule has 1 aromatic carbocycles. The van der Waals surface area contributed by atoms with Crippen molar-refractivity contribution in [1.82, 2.24) is 0 Å². The Balaban J connectivity index is 2.23. The maximum Gasteiger partial charge on any atom is 0.303 e. The lowest BCUT2D eigenvalue weighted by Crippen LogP contribution is -2.32. The number of benzene rings is 1. The van der Waals surface area contributed by atoms with Crippen LogP contribution in [0.1, 0.15) is 25.7 Å². The topological polar surface area (TPSA) is 70.0 Å². The first-order chi connectivity index (χ1) is 9.08. The highest BCUT2D eigenvalue weighted by atomic mass is 19.1. The zero-order valence-corrected chi connectivity index (χ0v) is 10.2. The van der Waals surface area contributed by atoms with E-state index in [-0.39, 0.29) is 30.9 Å². The molecule has 1 aliphatic heterocycles. The van der Waals surface area contributed by atoms with Crippen molar-refractivity contribution in [3.05, 3.63) is 30.1 Å². The molecule has 100 valence electrons. The molecule has 0 fully saturated rings. The number of halogens is 1. The van der Waals surface area contributed by atoms with Crippen molar-refractivity contribution >= 4 is 23.3 Å². The van der Waals surface area contributed by atoms with Crippen LogP contribution in [0.5, 0.6) is 0 Å². The number of carbonyl (C=O) groups excluding carboxylic acids is 1. The van der Waals surface area contributed by atoms with E-state index in [4.69, 9.17) is 5.11 Å². The lowest BCUT2D eigenvalue weighted by Gasteiger charge is -2.23. The lowest BCUT2D eigenvalue weighted by atomic mass is 10.1. The maximum atomic E-state index is 13.6. The van der Waals surface area contributed by atoms with Crippen molar-refractivity contribution < 1.29 is 19.1 Å². The van der Waals surface area contributed by atoms with E-state index in [0.29, 0.717) is 12.1 Å². The standard InChI is InChI=1S/C13H13FN2O3/c14-10-3-1-2-4-11(10)16-12(17)7-5-9(15-16)6-8-13(18)19/h1-4H,5-8H2,(H,18,19). The van der Waals surface area contributed by atoms with Gasteiger partial charge in [-0.15, -0.1) is 0 Å². The van der Waals surface area contributed by atoms with E-state index < -0.39 is 11.8 Å². The van der Waals surface area contributed by atoms with E-state index >= 15 is 0 Å². The van der Waals surface area contributed by atoms with Gasteiger partial charge in [0.1, 0.15) is 11.5 Å². The van der Waals surface area contributed by atoms with Gasteiger partial charge in [-0.1, -0.05) is 12.1 Å². The van der Waals surface area contributed by atoms with Crippen molar-refractivity contribution in [3.8, 4) is 0 Å². The normalized spacial score (nSPS) is 15.3. The first kappa shape index (κ1) is 13.2. The molecule has 5 nitrogen and oxygen atoms in total. The molecular weight excluding hydrogens is 251 g/mol. The van der Waals surface area contributed by atoms with Crippen LogP contribution in [0, 0.1) is 5.82 Å². The highest BCUT2D eigenvalue weighted by Gasteiger charge is 2.24. The molecule has 6 heteroatoms. The summed E-state index contributed by atoms with van der Waals surface area (Å²) in [4.78, 5) is 22.3. The Morgan fingerprint density at radius 3 is 2.79 bits per heavy atom. The predicted molar refractivity (Wildman–Crippen MR) is 67.4 cm³/mol. The van der Waals surface area contributed by atoms with Gasteiger partial charge in [0, 0.05) is 12.1 Å². The highest BCUT2D eigenvalue weighted by molar-refractivity contribution is 6.02. The fourth-order valence-electron chi connectivity index (χ4n) is 1.84. The molecule has 1 aromatic rings. The third-order valence-corrected chi connectivity index (χ3v) is 2.81. The Morgan fingerprint density at radius 2 is 2.11 bits per heavy atom. The largest absolute Gasteiger partial charge is 0.481 e. The van der Waals surface area contributed by atoms with E-state index in [9.17, 15) is 14.0 Å². The molecule has 0 spiro atoms. The molecule has 0 bridgehead atoms. The van der Waals surface area contributed by atoms with Crippen LogP contribution in [0.25, 0.3) is 0 Å². The predicted octanol–water partition coefficient (Wildman–Crippen LogP) is 2.17. The summed E-state index contributed by atoms with van der Waals surface area (Å²) in [6, 6.07) is 5.87. The smallest absolute Gasteiger partial charge is 0.303 e. The molecule has 0 aliphatic carbocycles. The summed E-state index contributed by atoms with van der Waals surface area (Å²) < 4.78 is 13.6. The Bertz CT molecular complexity index is 542. The summed E-state index contributed by atoms with van der Waals surface area (Å²) in [5.74, 6) is -1.74. The number of carboxylic acid groups (broad SMARTS) is 1. The van der Waals surface area contributed by atoms with Gasteiger partial charge in [0.25, 0.3) is 0 Å². The van der Waals surface area contributed by atoms with Crippen LogP contribution in [0.4, 0.5) is 10.1 Å². The molecule has 1 N–H and O–H groups in total. The second-order valence-electron chi connectivity index (χ2n) is 4.22. The SMILES string of the molecule is O=C(O)CCC1=NN(c2ccccc2F)C(=O)CC1. The van der Waals surface area contributed by atoms with Crippen LogP contribution < -0.4 is 5.01 Å². The number of carbonyl (C=O) groups is 2. The average molecular weight is 264 g/mol. The second kappa shape index (κ2) is 5.60. The average Bonchev–Trinajstić information content (AvgIpc) is 2.38. The fourth-order valence-corrected chi connectivity index (χ4v) is 1.84. The van der Waals surface area contributed by atoms with Crippen LogP contribution in [-0.4, -0.2) is 22.7 Å². The lowest BCUT2D eigenvalue weighted by molar-refractivity contribution is -0.136. The van der Waals surface area contributed by atoms with E-state index in [1.807, 2.05) is 0 Å². The number of hydrogen-bond donors (Lipinski definition) is 1. The van der Waals surface area contributed by atoms with Crippen LogP contribution in [-0.2, 0) is 9.59 Å². The van der Waals surface area contributed by atoms with E-state index in [0.717, 1.165) is 5.01 Å². The number of amides is 1. The zero-order chi connectivity index (χ0) is 13.8. The third kappa shape index (κ3) is 3.15. The number of carboxylic acids is 1. The van der Waals surface area contributed by atoms with Gasteiger partial charge in [-0.25, -0.2) is 4.39 Å². The molecule has 0 radical (unpaired) electrons. The monoisotopic (exact) mass is 264 g/mol. The summed E-state index contributed by atoms with van der Waals surface area (Å²) in [6.07, 6.45) is 0.871. The fraction of sp³-hybridized carbons (Fsp3) is 0.308. The number of para-hydroxylation sites is 1. The summed E-state index contributed by atoms with van der Waals surface area (Å²) in [7, 11) is 0. The van der Waals surface area contributed by atoms with Crippen LogP contribution in [0.15, 0.2) is 29.4 Å². The van der Waals surface area contributed by atoms with Crippen molar-refractivity contribution in [1.29, 1.82) is 0 Å². The van der Waals surface area contributed by atoms with Crippen LogP contribution in [0.2, 0.25) is 0 Å². The minimum Gasteiger partial charge on any atom is -0.481 e. The molecule has 1 heterocycles. The highest BCUT2D eigenvalue weighted by Crippen LogP contribution is 2.23. The van der Waals surface area contributed by atoms with Gasteiger partial charge in [-0.2, -0.15) is 10.1 Å². The molecule has 0 atom stereocenters. The van der Waals surface area contributed by atoms with Gasteiger partial charge in [-0.3, -0.25) is 9.59 Å². The summed E-state index contributed by atoms with van der Waals surface area (Å²) in [6.45, 7) is 0.